The molecular formula is C83H154O5. The lowest BCUT2D eigenvalue weighted by Crippen LogP contribution is -2.28. The number of allylic oxidation sites excluding steroid dienone is 10. The SMILES string of the molecule is CC/C=C\C/C=C\C/C=C\C/C=C\CCCCCCCCCCCCCCCCCCCCCCCCCCC(=O)OC(CO)COC(=O)CCCCCCCCCCCCCCCCCCCCCCCCCCC/C=C\CCCCCCCCCC. The van der Waals surface area contributed by atoms with E-state index < -0.39 is 6.10 Å². The summed E-state index contributed by atoms with van der Waals surface area (Å²) in [5.74, 6) is -0.563. The van der Waals surface area contributed by atoms with Crippen LogP contribution < -0.4 is 0 Å². The highest BCUT2D eigenvalue weighted by Crippen LogP contribution is 2.20. The standard InChI is InChI=1S/C83H154O5/c1-3-5-7-9-11-13-15-17-19-21-23-25-27-29-31-33-35-37-39-41-43-45-47-49-51-53-55-57-59-61-63-65-67-69-71-73-75-77-82(85)87-80-81(79-84)88-83(86)78-76-74-72-70-68-66-64-62-60-58-56-54-52-50-48-46-44-42-40-38-36-34-32-30-28-26-24-22-20-18-16-14-12-10-8-6-4-2/h6,8,12,14,18,20-21,23-24,26,81,84H,3-5,7,9-11,13,15-17,19,22,25,27-80H2,1-2H3/b8-6-,14-12-,20-18-,23-21-,26-24-. The zero-order valence-electron chi connectivity index (χ0n) is 59.5. The fourth-order valence-corrected chi connectivity index (χ4v) is 12.4. The summed E-state index contributed by atoms with van der Waals surface area (Å²) >= 11 is 0. The van der Waals surface area contributed by atoms with Crippen molar-refractivity contribution in [2.75, 3.05) is 13.2 Å². The lowest BCUT2D eigenvalue weighted by atomic mass is 10.0. The molecule has 1 unspecified atom stereocenters. The Morgan fingerprint density at radius 1 is 0.273 bits per heavy atom. The Labute approximate surface area is 551 Å². The first-order chi connectivity index (χ1) is 43.6. The van der Waals surface area contributed by atoms with Crippen molar-refractivity contribution in [3.05, 3.63) is 60.8 Å². The van der Waals surface area contributed by atoms with E-state index in [1.807, 2.05) is 0 Å². The average Bonchev–Trinajstić information content (AvgIpc) is 3.55. The minimum Gasteiger partial charge on any atom is -0.462 e. The zero-order valence-corrected chi connectivity index (χ0v) is 59.5. The van der Waals surface area contributed by atoms with Crippen LogP contribution in [0.4, 0.5) is 0 Å². The molecule has 0 aliphatic carbocycles. The number of carbonyl (C=O) groups is 2. The second kappa shape index (κ2) is 78.8. The Morgan fingerprint density at radius 2 is 0.489 bits per heavy atom. The number of carbonyl (C=O) groups excluding carboxylic acids is 2. The van der Waals surface area contributed by atoms with Crippen molar-refractivity contribution in [3.8, 4) is 0 Å². The molecule has 0 saturated carbocycles. The van der Waals surface area contributed by atoms with E-state index in [2.05, 4.69) is 74.6 Å². The van der Waals surface area contributed by atoms with Gasteiger partial charge in [-0.25, -0.2) is 0 Å². The quantitative estimate of drug-likeness (QED) is 0.0373. The highest BCUT2D eigenvalue weighted by Gasteiger charge is 2.16. The van der Waals surface area contributed by atoms with Crippen molar-refractivity contribution < 1.29 is 24.2 Å². The molecule has 5 nitrogen and oxygen atoms in total. The molecule has 1 N–H and O–H groups in total. The monoisotopic (exact) mass is 1230 g/mol. The first kappa shape index (κ1) is 85.6. The van der Waals surface area contributed by atoms with E-state index in [1.165, 1.54) is 353 Å². The average molecular weight is 1230 g/mol. The first-order valence-corrected chi connectivity index (χ1v) is 39.8. The van der Waals surface area contributed by atoms with Gasteiger partial charge in [0.2, 0.25) is 0 Å². The second-order valence-corrected chi connectivity index (χ2v) is 27.1. The minimum absolute atomic E-state index is 0.0592. The molecule has 5 heteroatoms. The number of aliphatic hydroxyl groups is 1. The predicted molar refractivity (Wildman–Crippen MR) is 390 cm³/mol. The van der Waals surface area contributed by atoms with Gasteiger partial charge in [0.1, 0.15) is 6.61 Å². The van der Waals surface area contributed by atoms with Gasteiger partial charge in [0.25, 0.3) is 0 Å². The summed E-state index contributed by atoms with van der Waals surface area (Å²) in [5.41, 5.74) is 0. The Bertz CT molecular complexity index is 1490. The predicted octanol–water partition coefficient (Wildman–Crippen LogP) is 28.0. The largest absolute Gasteiger partial charge is 0.462 e. The molecule has 0 aliphatic rings. The Kier molecular flexibility index (Phi) is 76.7. The molecule has 0 aromatic heterocycles. The number of aliphatic hydroxyl groups excluding tert-OH is 1. The van der Waals surface area contributed by atoms with Crippen molar-refractivity contribution in [1.29, 1.82) is 0 Å². The zero-order chi connectivity index (χ0) is 63.3. The van der Waals surface area contributed by atoms with E-state index >= 15 is 0 Å². The van der Waals surface area contributed by atoms with Crippen LogP contribution in [0.1, 0.15) is 438 Å². The number of hydrogen-bond donors (Lipinski definition) is 1. The summed E-state index contributed by atoms with van der Waals surface area (Å²) in [7, 11) is 0. The summed E-state index contributed by atoms with van der Waals surface area (Å²) in [5, 5.41) is 9.73. The van der Waals surface area contributed by atoms with Crippen LogP contribution in [0.25, 0.3) is 0 Å². The van der Waals surface area contributed by atoms with Gasteiger partial charge in [0, 0.05) is 12.8 Å². The maximum atomic E-state index is 12.4. The van der Waals surface area contributed by atoms with E-state index in [1.54, 1.807) is 0 Å². The molecule has 516 valence electrons. The Morgan fingerprint density at radius 3 is 0.750 bits per heavy atom. The molecule has 88 heavy (non-hydrogen) atoms. The van der Waals surface area contributed by atoms with Crippen molar-refractivity contribution in [2.24, 2.45) is 0 Å². The fourth-order valence-electron chi connectivity index (χ4n) is 12.4. The molecule has 0 saturated heterocycles. The van der Waals surface area contributed by atoms with Gasteiger partial charge in [-0.2, -0.15) is 0 Å². The van der Waals surface area contributed by atoms with Gasteiger partial charge in [0.05, 0.1) is 6.61 Å². The molecule has 0 fully saturated rings. The van der Waals surface area contributed by atoms with Crippen LogP contribution >= 0.6 is 0 Å². The van der Waals surface area contributed by atoms with Crippen molar-refractivity contribution in [3.63, 3.8) is 0 Å². The maximum Gasteiger partial charge on any atom is 0.306 e. The van der Waals surface area contributed by atoms with Crippen molar-refractivity contribution in [1.82, 2.24) is 0 Å². The smallest absolute Gasteiger partial charge is 0.306 e. The normalized spacial score (nSPS) is 12.4. The topological polar surface area (TPSA) is 72.8 Å². The van der Waals surface area contributed by atoms with Gasteiger partial charge < -0.3 is 14.6 Å². The third-order valence-electron chi connectivity index (χ3n) is 18.3. The molecule has 0 heterocycles. The molecule has 0 amide bonds. The number of unbranched alkanes of at least 4 members (excludes halogenated alkanes) is 57. The summed E-state index contributed by atoms with van der Waals surface area (Å²) in [6.07, 6.45) is 109. The molecule has 0 aromatic carbocycles. The summed E-state index contributed by atoms with van der Waals surface area (Å²) < 4.78 is 10.8. The number of rotatable bonds is 75. The molecule has 0 bridgehead atoms. The van der Waals surface area contributed by atoms with Gasteiger partial charge in [-0.05, 0) is 77.0 Å². The first-order valence-electron chi connectivity index (χ1n) is 39.8. The highest BCUT2D eigenvalue weighted by molar-refractivity contribution is 5.70. The molecule has 1 atom stereocenters. The summed E-state index contributed by atoms with van der Waals surface area (Å²) in [4.78, 5) is 24.7. The van der Waals surface area contributed by atoms with Gasteiger partial charge in [-0.3, -0.25) is 9.59 Å². The van der Waals surface area contributed by atoms with Gasteiger partial charge in [-0.1, -0.05) is 408 Å². The Balaban J connectivity index is 3.36. The van der Waals surface area contributed by atoms with Crippen LogP contribution in [0.2, 0.25) is 0 Å². The molecule has 0 aliphatic heterocycles. The van der Waals surface area contributed by atoms with Crippen LogP contribution in [0.5, 0.6) is 0 Å². The number of esters is 2. The van der Waals surface area contributed by atoms with E-state index in [4.69, 9.17) is 9.47 Å². The second-order valence-electron chi connectivity index (χ2n) is 27.1. The van der Waals surface area contributed by atoms with Crippen molar-refractivity contribution >= 4 is 11.9 Å². The third kappa shape index (κ3) is 76.1. The molecule has 0 radical (unpaired) electrons. The fraction of sp³-hybridized carbons (Fsp3) is 0.855. The number of ether oxygens (including phenoxy) is 2. The molecule has 0 spiro atoms. The summed E-state index contributed by atoms with van der Waals surface area (Å²) in [6, 6.07) is 0. The van der Waals surface area contributed by atoms with Crippen LogP contribution in [-0.2, 0) is 19.1 Å². The number of hydrogen-bond acceptors (Lipinski definition) is 5. The molecule has 0 aromatic rings. The minimum atomic E-state index is -0.771. The van der Waals surface area contributed by atoms with Crippen molar-refractivity contribution in [2.45, 2.75) is 444 Å². The van der Waals surface area contributed by atoms with E-state index in [-0.39, 0.29) is 25.2 Å². The van der Waals surface area contributed by atoms with Gasteiger partial charge >= 0.3 is 11.9 Å². The van der Waals surface area contributed by atoms with Crippen LogP contribution in [0.3, 0.4) is 0 Å². The molecular weight excluding hydrogens is 1080 g/mol. The highest BCUT2D eigenvalue weighted by atomic mass is 16.6. The summed E-state index contributed by atoms with van der Waals surface area (Å²) in [6.45, 7) is 4.09. The van der Waals surface area contributed by atoms with Gasteiger partial charge in [-0.15, -0.1) is 0 Å². The van der Waals surface area contributed by atoms with Crippen LogP contribution in [-0.4, -0.2) is 36.4 Å². The third-order valence-corrected chi connectivity index (χ3v) is 18.3. The van der Waals surface area contributed by atoms with E-state index in [9.17, 15) is 14.7 Å². The lowest BCUT2D eigenvalue weighted by molar-refractivity contribution is -0.161. The van der Waals surface area contributed by atoms with Crippen LogP contribution in [0.15, 0.2) is 60.8 Å². The molecule has 0 rings (SSSR count). The van der Waals surface area contributed by atoms with Crippen LogP contribution in [0, 0.1) is 0 Å². The van der Waals surface area contributed by atoms with Gasteiger partial charge in [0.15, 0.2) is 6.10 Å². The van der Waals surface area contributed by atoms with E-state index in [0.717, 1.165) is 57.8 Å². The Hall–Kier alpha value is -2.40. The maximum absolute atomic E-state index is 12.4. The lowest BCUT2D eigenvalue weighted by Gasteiger charge is -2.15. The van der Waals surface area contributed by atoms with E-state index in [0.29, 0.717) is 12.8 Å².